The summed E-state index contributed by atoms with van der Waals surface area (Å²) in [6.45, 7) is 0.0435. The average molecular weight is 395 g/mol. The van der Waals surface area contributed by atoms with E-state index in [4.69, 9.17) is 0 Å². The summed E-state index contributed by atoms with van der Waals surface area (Å²) in [6, 6.07) is 2.19. The van der Waals surface area contributed by atoms with Crippen LogP contribution in [0.25, 0.3) is 11.0 Å². The molecule has 0 radical (unpaired) electrons. The minimum absolute atomic E-state index is 0.121. The number of aromatic amines is 1. The van der Waals surface area contributed by atoms with Gasteiger partial charge in [0.05, 0.1) is 24.5 Å². The predicted octanol–water partition coefficient (Wildman–Crippen LogP) is 3.12. The fourth-order valence-electron chi connectivity index (χ4n) is 4.56. The first kappa shape index (κ1) is 19.0. The molecule has 6 nitrogen and oxygen atoms in total. The van der Waals surface area contributed by atoms with Crippen LogP contribution in [-0.4, -0.2) is 59.8 Å². The van der Waals surface area contributed by atoms with E-state index in [1.165, 1.54) is 11.9 Å². The highest BCUT2D eigenvalue weighted by molar-refractivity contribution is 6.08. The molecule has 1 aliphatic heterocycles. The second kappa shape index (κ2) is 7.27. The smallest absolute Gasteiger partial charge is 0.350 e. The zero-order valence-electron chi connectivity index (χ0n) is 15.7. The third-order valence-electron chi connectivity index (χ3n) is 5.78. The van der Waals surface area contributed by atoms with Gasteiger partial charge in [0.25, 0.3) is 5.91 Å². The lowest BCUT2D eigenvalue weighted by Crippen LogP contribution is -2.50. The molecule has 0 aromatic carbocycles. The molecule has 2 N–H and O–H groups in total. The predicted molar refractivity (Wildman–Crippen MR) is 100 cm³/mol. The summed E-state index contributed by atoms with van der Waals surface area (Å²) in [5.74, 6) is 0.150. The van der Waals surface area contributed by atoms with Crippen molar-refractivity contribution in [1.82, 2.24) is 20.2 Å². The van der Waals surface area contributed by atoms with Crippen LogP contribution in [0, 0.1) is 5.92 Å². The van der Waals surface area contributed by atoms with E-state index in [-0.39, 0.29) is 17.9 Å². The van der Waals surface area contributed by atoms with Crippen molar-refractivity contribution in [3.05, 3.63) is 24.0 Å². The number of nitrogens with zero attached hydrogens (tertiary/aromatic N) is 3. The molecule has 2 aliphatic rings. The lowest BCUT2D eigenvalue weighted by atomic mass is 9.84. The van der Waals surface area contributed by atoms with Gasteiger partial charge in [-0.15, -0.1) is 0 Å². The summed E-state index contributed by atoms with van der Waals surface area (Å²) >= 11 is 0. The molecule has 2 aromatic rings. The van der Waals surface area contributed by atoms with Crippen LogP contribution in [0.1, 0.15) is 36.0 Å². The maximum atomic E-state index is 12.5. The largest absolute Gasteiger partial charge is 0.401 e. The number of H-pyrrole nitrogens is 1. The average Bonchev–Trinajstić information content (AvgIpc) is 3.10. The molecule has 0 saturated heterocycles. The van der Waals surface area contributed by atoms with Crippen LogP contribution in [0.4, 0.5) is 18.9 Å². The minimum atomic E-state index is -4.16. The molecule has 1 fully saturated rings. The normalized spacial score (nSPS) is 23.2. The minimum Gasteiger partial charge on any atom is -0.350 e. The van der Waals surface area contributed by atoms with Gasteiger partial charge in [0.15, 0.2) is 0 Å². The van der Waals surface area contributed by atoms with E-state index in [9.17, 15) is 18.0 Å². The molecular weight excluding hydrogens is 371 g/mol. The molecule has 1 aliphatic carbocycles. The molecule has 3 heterocycles. The van der Waals surface area contributed by atoms with Crippen molar-refractivity contribution in [2.24, 2.45) is 5.92 Å². The summed E-state index contributed by atoms with van der Waals surface area (Å²) < 4.78 is 37.6. The maximum absolute atomic E-state index is 12.5. The van der Waals surface area contributed by atoms with Crippen LogP contribution < -0.4 is 10.2 Å². The van der Waals surface area contributed by atoms with Gasteiger partial charge in [-0.2, -0.15) is 13.2 Å². The van der Waals surface area contributed by atoms with Crippen molar-refractivity contribution in [2.45, 2.75) is 37.9 Å². The van der Waals surface area contributed by atoms with Crippen LogP contribution in [0.15, 0.2) is 18.5 Å². The fourth-order valence-corrected chi connectivity index (χ4v) is 4.56. The third-order valence-corrected chi connectivity index (χ3v) is 5.78. The number of nitrogens with one attached hydrogen (secondary N) is 2. The number of hydrogen-bond donors (Lipinski definition) is 2. The Morgan fingerprint density at radius 1 is 1.29 bits per heavy atom. The van der Waals surface area contributed by atoms with Gasteiger partial charge in [-0.05, 0) is 44.7 Å². The standard InChI is InChI=1S/C19H24F3N5O/c1-26(10-19(20,21)22)9-12-2-4-13(5-3-12)27-11-25-18(28)15-8-24-17-14(16(15)27)6-7-23-17/h6-8,12-13H,2-5,9-11H2,1H3,(H,23,24)(H,25,28). The highest BCUT2D eigenvalue weighted by atomic mass is 19.4. The molecule has 4 rings (SSSR count). The van der Waals surface area contributed by atoms with E-state index in [1.54, 1.807) is 6.20 Å². The molecule has 2 aromatic heterocycles. The van der Waals surface area contributed by atoms with Gasteiger partial charge in [-0.1, -0.05) is 0 Å². The van der Waals surface area contributed by atoms with E-state index in [0.29, 0.717) is 18.8 Å². The Hall–Kier alpha value is -2.29. The van der Waals surface area contributed by atoms with Gasteiger partial charge in [0.1, 0.15) is 5.65 Å². The van der Waals surface area contributed by atoms with E-state index in [2.05, 4.69) is 20.2 Å². The number of alkyl halides is 3. The van der Waals surface area contributed by atoms with E-state index >= 15 is 0 Å². The molecule has 0 unspecified atom stereocenters. The van der Waals surface area contributed by atoms with Crippen molar-refractivity contribution < 1.29 is 18.0 Å². The number of rotatable bonds is 4. The molecular formula is C19H24F3N5O. The molecule has 9 heteroatoms. The molecule has 1 saturated carbocycles. The van der Waals surface area contributed by atoms with Crippen LogP contribution >= 0.6 is 0 Å². The molecule has 152 valence electrons. The van der Waals surface area contributed by atoms with E-state index in [0.717, 1.165) is 42.4 Å². The number of carbonyl (C=O) groups excluding carboxylic acids is 1. The van der Waals surface area contributed by atoms with E-state index < -0.39 is 12.7 Å². The quantitative estimate of drug-likeness (QED) is 0.835. The molecule has 0 bridgehead atoms. The first-order chi connectivity index (χ1) is 13.3. The number of amides is 1. The van der Waals surface area contributed by atoms with Crippen molar-refractivity contribution in [1.29, 1.82) is 0 Å². The van der Waals surface area contributed by atoms with Gasteiger partial charge < -0.3 is 15.2 Å². The third kappa shape index (κ3) is 3.80. The summed E-state index contributed by atoms with van der Waals surface area (Å²) in [5, 5.41) is 3.85. The zero-order valence-corrected chi connectivity index (χ0v) is 15.7. The number of halogens is 3. The lowest BCUT2D eigenvalue weighted by Gasteiger charge is -2.41. The Balaban J connectivity index is 1.45. The molecule has 28 heavy (non-hydrogen) atoms. The second-order valence-electron chi connectivity index (χ2n) is 7.88. The molecule has 0 spiro atoms. The first-order valence-corrected chi connectivity index (χ1v) is 9.58. The van der Waals surface area contributed by atoms with Gasteiger partial charge >= 0.3 is 6.18 Å². The summed E-state index contributed by atoms with van der Waals surface area (Å²) in [6.07, 6.45) is 2.82. The van der Waals surface area contributed by atoms with Crippen molar-refractivity contribution >= 4 is 22.6 Å². The summed E-state index contributed by atoms with van der Waals surface area (Å²) in [7, 11) is 1.53. The fraction of sp³-hybridized carbons (Fsp3) is 0.579. The molecule has 1 amide bonds. The van der Waals surface area contributed by atoms with Crippen LogP contribution in [0.3, 0.4) is 0 Å². The number of anilines is 1. The highest BCUT2D eigenvalue weighted by Crippen LogP contribution is 2.37. The Kier molecular flexibility index (Phi) is 4.95. The number of hydrogen-bond acceptors (Lipinski definition) is 4. The van der Waals surface area contributed by atoms with Crippen LogP contribution in [0.5, 0.6) is 0 Å². The van der Waals surface area contributed by atoms with E-state index in [1.807, 2.05) is 12.3 Å². The van der Waals surface area contributed by atoms with Gasteiger partial charge in [0, 0.05) is 30.4 Å². The number of pyridine rings is 1. The number of aromatic nitrogens is 2. The summed E-state index contributed by atoms with van der Waals surface area (Å²) in [4.78, 5) is 23.3. The van der Waals surface area contributed by atoms with Gasteiger partial charge in [0.2, 0.25) is 0 Å². The number of carbonyl (C=O) groups is 1. The maximum Gasteiger partial charge on any atom is 0.401 e. The zero-order chi connectivity index (χ0) is 19.9. The molecule has 0 atom stereocenters. The highest BCUT2D eigenvalue weighted by Gasteiger charge is 2.34. The van der Waals surface area contributed by atoms with Crippen LogP contribution in [0.2, 0.25) is 0 Å². The van der Waals surface area contributed by atoms with Gasteiger partial charge in [-0.25, -0.2) is 4.98 Å². The Bertz CT molecular complexity index is 857. The lowest BCUT2D eigenvalue weighted by molar-refractivity contribution is -0.144. The van der Waals surface area contributed by atoms with Crippen molar-refractivity contribution in [3.8, 4) is 0 Å². The number of fused-ring (bicyclic) bond motifs is 3. The van der Waals surface area contributed by atoms with Crippen molar-refractivity contribution in [2.75, 3.05) is 31.7 Å². The summed E-state index contributed by atoms with van der Waals surface area (Å²) in [5.41, 5.74) is 2.24. The Morgan fingerprint density at radius 3 is 2.75 bits per heavy atom. The van der Waals surface area contributed by atoms with Crippen LogP contribution in [-0.2, 0) is 0 Å². The first-order valence-electron chi connectivity index (χ1n) is 9.58. The SMILES string of the molecule is CN(CC1CCC(N2CNC(=O)c3cnc4[nH]ccc4c32)CC1)CC(F)(F)F. The Morgan fingerprint density at radius 2 is 2.04 bits per heavy atom. The monoisotopic (exact) mass is 395 g/mol. The van der Waals surface area contributed by atoms with Crippen molar-refractivity contribution in [3.63, 3.8) is 0 Å². The second-order valence-corrected chi connectivity index (χ2v) is 7.88. The topological polar surface area (TPSA) is 64.3 Å². The Labute approximate surface area is 161 Å². The van der Waals surface area contributed by atoms with Gasteiger partial charge in [-0.3, -0.25) is 9.69 Å².